The van der Waals surface area contributed by atoms with Crippen molar-refractivity contribution in [2.24, 2.45) is 5.92 Å². The zero-order valence-corrected chi connectivity index (χ0v) is 12.4. The molecule has 2 rings (SSSR count). The molecule has 0 aliphatic carbocycles. The molecule has 0 bridgehead atoms. The average Bonchev–Trinajstić information content (AvgIpc) is 2.82. The van der Waals surface area contributed by atoms with E-state index in [1.807, 2.05) is 13.8 Å². The Labute approximate surface area is 125 Å². The van der Waals surface area contributed by atoms with E-state index in [2.05, 4.69) is 4.98 Å². The van der Waals surface area contributed by atoms with Crippen LogP contribution in [0.3, 0.4) is 0 Å². The largest absolute Gasteiger partial charge is 0.477 e. The number of aromatic nitrogens is 1. The van der Waals surface area contributed by atoms with Gasteiger partial charge in [-0.2, -0.15) is 0 Å². The van der Waals surface area contributed by atoms with Gasteiger partial charge in [0.05, 0.1) is 10.6 Å². The molecule has 0 saturated heterocycles. The third-order valence-corrected chi connectivity index (χ3v) is 3.95. The fourth-order valence-corrected chi connectivity index (χ4v) is 2.83. The molecule has 0 fully saturated rings. The number of rotatable bonds is 5. The molecule has 0 aliphatic rings. The monoisotopic (exact) mass is 306 g/mol. The van der Waals surface area contributed by atoms with Crippen molar-refractivity contribution in [3.05, 3.63) is 45.0 Å². The van der Waals surface area contributed by atoms with Gasteiger partial charge in [-0.1, -0.05) is 13.8 Å². The van der Waals surface area contributed by atoms with Crippen molar-refractivity contribution < 1.29 is 14.8 Å². The Hall–Kier alpha value is -2.28. The minimum absolute atomic E-state index is 0.00355. The zero-order valence-electron chi connectivity index (χ0n) is 11.6. The Morgan fingerprint density at radius 3 is 2.48 bits per heavy atom. The van der Waals surface area contributed by atoms with Crippen LogP contribution in [-0.2, 0) is 6.42 Å². The number of non-ortho nitro benzene ring substituents is 1. The summed E-state index contributed by atoms with van der Waals surface area (Å²) in [7, 11) is 0. The minimum atomic E-state index is -0.990. The van der Waals surface area contributed by atoms with Crippen LogP contribution in [0.4, 0.5) is 5.69 Å². The van der Waals surface area contributed by atoms with E-state index in [0.717, 1.165) is 11.3 Å². The standard InChI is InChI=1S/C14H14N2O4S/c1-8(2)7-11-12(14(17)18)21-13(15-11)9-3-5-10(6-4-9)16(19)20/h3-6,8H,7H2,1-2H3,(H,17,18). The lowest BCUT2D eigenvalue weighted by Crippen LogP contribution is -2.02. The number of hydrogen-bond acceptors (Lipinski definition) is 5. The van der Waals surface area contributed by atoms with Crippen LogP contribution in [0.1, 0.15) is 29.2 Å². The molecule has 6 nitrogen and oxygen atoms in total. The molecule has 21 heavy (non-hydrogen) atoms. The summed E-state index contributed by atoms with van der Waals surface area (Å²) in [5.41, 5.74) is 1.25. The molecule has 1 aromatic carbocycles. The number of nitrogens with zero attached hydrogens (tertiary/aromatic N) is 2. The molecule has 7 heteroatoms. The summed E-state index contributed by atoms with van der Waals surface area (Å²) < 4.78 is 0. The molecule has 1 aromatic heterocycles. The van der Waals surface area contributed by atoms with Gasteiger partial charge in [0.2, 0.25) is 0 Å². The van der Waals surface area contributed by atoms with Crippen molar-refractivity contribution in [1.29, 1.82) is 0 Å². The fraction of sp³-hybridized carbons (Fsp3) is 0.286. The molecule has 0 atom stereocenters. The molecule has 1 N–H and O–H groups in total. The first-order valence-electron chi connectivity index (χ1n) is 6.36. The molecule has 0 aliphatic heterocycles. The van der Waals surface area contributed by atoms with E-state index < -0.39 is 10.9 Å². The molecule has 110 valence electrons. The van der Waals surface area contributed by atoms with Crippen molar-refractivity contribution in [2.45, 2.75) is 20.3 Å². The topological polar surface area (TPSA) is 93.3 Å². The summed E-state index contributed by atoms with van der Waals surface area (Å²) >= 11 is 1.10. The first-order valence-corrected chi connectivity index (χ1v) is 7.18. The van der Waals surface area contributed by atoms with Crippen LogP contribution in [0.5, 0.6) is 0 Å². The second-order valence-electron chi connectivity index (χ2n) is 5.00. The number of nitro groups is 1. The van der Waals surface area contributed by atoms with Crippen LogP contribution in [0.25, 0.3) is 10.6 Å². The Morgan fingerprint density at radius 1 is 1.38 bits per heavy atom. The van der Waals surface area contributed by atoms with Crippen LogP contribution in [0.2, 0.25) is 0 Å². The molecular weight excluding hydrogens is 292 g/mol. The third kappa shape index (κ3) is 3.43. The van der Waals surface area contributed by atoms with Crippen molar-refractivity contribution in [3.8, 4) is 10.6 Å². The van der Waals surface area contributed by atoms with Crippen LogP contribution in [0, 0.1) is 16.0 Å². The highest BCUT2D eigenvalue weighted by Crippen LogP contribution is 2.30. The molecule has 0 spiro atoms. The van der Waals surface area contributed by atoms with Gasteiger partial charge in [0.25, 0.3) is 5.69 Å². The normalized spacial score (nSPS) is 10.8. The summed E-state index contributed by atoms with van der Waals surface area (Å²) in [4.78, 5) is 26.0. The second-order valence-corrected chi connectivity index (χ2v) is 6.00. The molecule has 1 heterocycles. The lowest BCUT2D eigenvalue weighted by atomic mass is 10.1. The summed E-state index contributed by atoms with van der Waals surface area (Å²) in [5.74, 6) is -0.689. The number of carboxylic acids is 1. The number of nitro benzene ring substituents is 1. The number of hydrogen-bond donors (Lipinski definition) is 1. The Kier molecular flexibility index (Phi) is 4.32. The number of carbonyl (C=O) groups is 1. The van der Waals surface area contributed by atoms with Gasteiger partial charge in [-0.15, -0.1) is 11.3 Å². The summed E-state index contributed by atoms with van der Waals surface area (Å²) in [6, 6.07) is 5.95. The maximum Gasteiger partial charge on any atom is 0.347 e. The van der Waals surface area contributed by atoms with Crippen LogP contribution >= 0.6 is 11.3 Å². The maximum absolute atomic E-state index is 11.3. The summed E-state index contributed by atoms with van der Waals surface area (Å²) in [6.45, 7) is 3.99. The summed E-state index contributed by atoms with van der Waals surface area (Å²) in [5, 5.41) is 20.4. The van der Waals surface area contributed by atoms with Crippen LogP contribution in [0.15, 0.2) is 24.3 Å². The fourth-order valence-electron chi connectivity index (χ4n) is 1.89. The lowest BCUT2D eigenvalue weighted by molar-refractivity contribution is -0.384. The van der Waals surface area contributed by atoms with Gasteiger partial charge in [-0.05, 0) is 24.5 Å². The van der Waals surface area contributed by atoms with Gasteiger partial charge >= 0.3 is 5.97 Å². The average molecular weight is 306 g/mol. The molecular formula is C14H14N2O4S. The summed E-state index contributed by atoms with van der Waals surface area (Å²) in [6.07, 6.45) is 0.588. The Morgan fingerprint density at radius 2 is 2.00 bits per heavy atom. The molecule has 0 radical (unpaired) electrons. The van der Waals surface area contributed by atoms with Crippen molar-refractivity contribution in [2.75, 3.05) is 0 Å². The maximum atomic E-state index is 11.3. The van der Waals surface area contributed by atoms with Gasteiger partial charge in [-0.25, -0.2) is 9.78 Å². The van der Waals surface area contributed by atoms with E-state index >= 15 is 0 Å². The number of carboxylic acid groups (broad SMARTS) is 1. The molecule has 0 saturated carbocycles. The van der Waals surface area contributed by atoms with Gasteiger partial charge in [0.1, 0.15) is 9.88 Å². The number of thiazole rings is 1. The third-order valence-electron chi connectivity index (χ3n) is 2.82. The smallest absolute Gasteiger partial charge is 0.347 e. The SMILES string of the molecule is CC(C)Cc1nc(-c2ccc([N+](=O)[O-])cc2)sc1C(=O)O. The van der Waals surface area contributed by atoms with Crippen molar-refractivity contribution in [1.82, 2.24) is 4.98 Å². The molecule has 0 unspecified atom stereocenters. The van der Waals surface area contributed by atoms with E-state index in [1.165, 1.54) is 12.1 Å². The first kappa shape index (κ1) is 15.1. The van der Waals surface area contributed by atoms with Crippen molar-refractivity contribution in [3.63, 3.8) is 0 Å². The van der Waals surface area contributed by atoms with Gasteiger partial charge < -0.3 is 5.11 Å². The van der Waals surface area contributed by atoms with Crippen LogP contribution < -0.4 is 0 Å². The second kappa shape index (κ2) is 6.01. The lowest BCUT2D eigenvalue weighted by Gasteiger charge is -2.01. The van der Waals surface area contributed by atoms with E-state index in [0.29, 0.717) is 28.6 Å². The van der Waals surface area contributed by atoms with Gasteiger partial charge in [0.15, 0.2) is 0 Å². The number of benzene rings is 1. The predicted octanol–water partition coefficient (Wildman–Crippen LogP) is 3.62. The van der Waals surface area contributed by atoms with Gasteiger partial charge in [0, 0.05) is 17.7 Å². The Bertz CT molecular complexity index is 677. The van der Waals surface area contributed by atoms with E-state index in [4.69, 9.17) is 0 Å². The van der Waals surface area contributed by atoms with E-state index in [1.54, 1.807) is 12.1 Å². The highest BCUT2D eigenvalue weighted by Gasteiger charge is 2.19. The minimum Gasteiger partial charge on any atom is -0.477 e. The highest BCUT2D eigenvalue weighted by molar-refractivity contribution is 7.17. The zero-order chi connectivity index (χ0) is 15.6. The first-order chi connectivity index (χ1) is 9.88. The quantitative estimate of drug-likeness (QED) is 0.672. The molecule has 2 aromatic rings. The van der Waals surface area contributed by atoms with E-state index in [9.17, 15) is 20.0 Å². The van der Waals surface area contributed by atoms with Crippen molar-refractivity contribution >= 4 is 23.0 Å². The Balaban J connectivity index is 2.39. The highest BCUT2D eigenvalue weighted by atomic mass is 32.1. The molecule has 0 amide bonds. The predicted molar refractivity (Wildman–Crippen MR) is 79.7 cm³/mol. The van der Waals surface area contributed by atoms with Crippen LogP contribution in [-0.4, -0.2) is 21.0 Å². The van der Waals surface area contributed by atoms with Gasteiger partial charge in [-0.3, -0.25) is 10.1 Å². The van der Waals surface area contributed by atoms with E-state index in [-0.39, 0.29) is 10.6 Å². The number of aromatic carboxylic acids is 1.